The molecule has 1 saturated heterocycles. The fourth-order valence-electron chi connectivity index (χ4n) is 8.60. The van der Waals surface area contributed by atoms with Crippen molar-refractivity contribution in [2.45, 2.75) is 153 Å². The number of carbonyl (C=O) groups is 11. The molecule has 1 aliphatic rings. The minimum atomic E-state index is -1.64. The van der Waals surface area contributed by atoms with Gasteiger partial charge in [-0.05, 0) is 74.6 Å². The maximum absolute atomic E-state index is 14.5. The van der Waals surface area contributed by atoms with E-state index in [1.165, 1.54) is 12.5 Å². The van der Waals surface area contributed by atoms with Crippen molar-refractivity contribution in [3.8, 4) is 0 Å². The van der Waals surface area contributed by atoms with Gasteiger partial charge in [0.05, 0.1) is 25.4 Å². The summed E-state index contributed by atoms with van der Waals surface area (Å²) in [5.41, 5.74) is 13.0. The molecule has 0 bridgehead atoms. The van der Waals surface area contributed by atoms with E-state index in [2.05, 4.69) is 57.8 Å². The smallest absolute Gasteiger partial charge is 0.326 e. The molecule has 27 nitrogen and oxygen atoms in total. The lowest BCUT2D eigenvalue weighted by molar-refractivity contribution is -0.142. The van der Waals surface area contributed by atoms with E-state index >= 15 is 0 Å². The third-order valence-electron chi connectivity index (χ3n) is 12.8. The molecule has 0 spiro atoms. The number of carboxylic acids is 2. The van der Waals surface area contributed by atoms with Crippen LogP contribution in [0.15, 0.2) is 73.2 Å². The maximum Gasteiger partial charge on any atom is 0.326 e. The Morgan fingerprint density at radius 2 is 1.10 bits per heavy atom. The van der Waals surface area contributed by atoms with Crippen molar-refractivity contribution in [1.29, 1.82) is 0 Å². The van der Waals surface area contributed by atoms with Crippen LogP contribution >= 0.6 is 0 Å². The van der Waals surface area contributed by atoms with Gasteiger partial charge < -0.3 is 79.6 Å². The van der Waals surface area contributed by atoms with Gasteiger partial charge in [0.2, 0.25) is 53.2 Å². The van der Waals surface area contributed by atoms with Crippen molar-refractivity contribution in [2.24, 2.45) is 23.3 Å². The molecule has 17 N–H and O–H groups in total. The Morgan fingerprint density at radius 1 is 0.622 bits per heavy atom. The van der Waals surface area contributed by atoms with Crippen LogP contribution < -0.4 is 59.3 Å². The number of nitrogens with zero attached hydrogens (tertiary/aromatic N) is 1. The number of rotatable bonds is 33. The Kier molecular flexibility index (Phi) is 29.4. The SMILES string of the molecule is CC(=O)O.CC(C)C[C@H](NC(=O)[C@H](Cc1ccccc1)NC(=O)[C@H](CCCCN)NC(=O)[C@H](Cc1ccccc1)NC(=O)[C@H](CC(N)=O)NC(=O)[C@@H](NC(=O)[C@@H]1CCCN1)C(C)C)C(=O)N[C@@H](CO)C(=O)N[C@@H](Cc1cnc[nH]1)C(=O)O. The predicted molar refractivity (Wildman–Crippen MR) is 298 cm³/mol. The van der Waals surface area contributed by atoms with E-state index < -0.39 is 138 Å². The quantitative estimate of drug-likeness (QED) is 0.0292. The number of aliphatic hydroxyl groups is 1. The molecular weight excluding hydrogens is 1070 g/mol. The number of nitrogens with two attached hydrogens (primary N) is 2. The third kappa shape index (κ3) is 24.6. The number of carbonyl (C=O) groups excluding carboxylic acids is 9. The van der Waals surface area contributed by atoms with Crippen LogP contribution in [0.4, 0.5) is 0 Å². The van der Waals surface area contributed by atoms with Crippen molar-refractivity contribution in [3.63, 3.8) is 0 Å². The van der Waals surface area contributed by atoms with Gasteiger partial charge in [0.15, 0.2) is 0 Å². The number of unbranched alkanes of at least 4 members (excludes halogenated alkanes) is 1. The van der Waals surface area contributed by atoms with Gasteiger partial charge in [-0.2, -0.15) is 0 Å². The number of aromatic amines is 1. The third-order valence-corrected chi connectivity index (χ3v) is 12.8. The minimum Gasteiger partial charge on any atom is -0.481 e. The first-order valence-electron chi connectivity index (χ1n) is 27.2. The van der Waals surface area contributed by atoms with Gasteiger partial charge in [-0.25, -0.2) is 9.78 Å². The molecule has 0 unspecified atom stereocenters. The van der Waals surface area contributed by atoms with Gasteiger partial charge in [-0.15, -0.1) is 0 Å². The number of aliphatic hydroxyl groups excluding tert-OH is 1. The minimum absolute atomic E-state index is 0.00706. The van der Waals surface area contributed by atoms with Crippen molar-refractivity contribution < 1.29 is 68.1 Å². The van der Waals surface area contributed by atoms with E-state index in [1.54, 1.807) is 88.4 Å². The van der Waals surface area contributed by atoms with E-state index in [4.69, 9.17) is 21.4 Å². The molecule has 27 heteroatoms. The summed E-state index contributed by atoms with van der Waals surface area (Å²) < 4.78 is 0. The molecule has 4 rings (SSSR count). The number of amides is 9. The lowest BCUT2D eigenvalue weighted by Gasteiger charge is -2.29. The first-order valence-corrected chi connectivity index (χ1v) is 27.2. The first-order chi connectivity index (χ1) is 38.9. The summed E-state index contributed by atoms with van der Waals surface area (Å²) in [5.74, 6) is -10.4. The molecule has 1 aromatic heterocycles. The standard InChI is InChI=1S/C53H77N13O12.C2H4O2/c1-30(2)22-37(47(71)65-42(28-67)51(75)64-41(53(77)78)25-34-27-56-29-58-34)60-49(73)39(24-33-16-9-6-10-17-33)61-46(70)36(18-11-12-20-54)59-48(72)38(23-32-14-7-5-8-15-32)62-50(74)40(26-43(55)68)63-52(76)44(31(3)4)66-45(69)35-19-13-21-57-35;1-2(3)4/h5-10,14-17,27,29-31,35-42,44,57,67H,11-13,18-26,28,54H2,1-4H3,(H2,55,68)(H,56,58)(H,59,72)(H,60,73)(H,61,70)(H,62,74)(H,63,76)(H,64,75)(H,65,71)(H,66,69)(H,77,78);1H3,(H,3,4)/t35-,36-,37-,38-,39-,40-,41-,42-,44-;/m0./s1. The molecule has 450 valence electrons. The molecule has 1 fully saturated rings. The number of hydrogen-bond acceptors (Lipinski definition) is 15. The second kappa shape index (κ2) is 35.4. The Labute approximate surface area is 475 Å². The second-order valence-corrected chi connectivity index (χ2v) is 20.6. The average Bonchev–Trinajstić information content (AvgIpc) is 4.22. The topological polar surface area (TPSA) is 437 Å². The van der Waals surface area contributed by atoms with Crippen LogP contribution in [0.1, 0.15) is 96.4 Å². The van der Waals surface area contributed by atoms with Gasteiger partial charge in [-0.3, -0.25) is 47.9 Å². The number of primary amides is 1. The molecule has 3 aromatic rings. The van der Waals surface area contributed by atoms with Crippen LogP contribution in [0.3, 0.4) is 0 Å². The molecule has 2 heterocycles. The van der Waals surface area contributed by atoms with E-state index in [1.807, 2.05) is 0 Å². The van der Waals surface area contributed by atoms with Gasteiger partial charge in [0, 0.05) is 38.1 Å². The van der Waals surface area contributed by atoms with Gasteiger partial charge >= 0.3 is 5.97 Å². The van der Waals surface area contributed by atoms with Crippen molar-refractivity contribution >= 4 is 65.1 Å². The number of nitrogens with one attached hydrogen (secondary N) is 10. The highest BCUT2D eigenvalue weighted by Crippen LogP contribution is 2.13. The zero-order chi connectivity index (χ0) is 60.9. The summed E-state index contributed by atoms with van der Waals surface area (Å²) in [6.07, 6.45) is 3.74. The highest BCUT2D eigenvalue weighted by molar-refractivity contribution is 5.99. The number of carboxylic acid groups (broad SMARTS) is 2. The van der Waals surface area contributed by atoms with E-state index in [0.717, 1.165) is 13.3 Å². The number of H-pyrrole nitrogens is 1. The van der Waals surface area contributed by atoms with Gasteiger partial charge in [0.1, 0.15) is 48.3 Å². The molecule has 0 radical (unpaired) electrons. The molecule has 1 aliphatic heterocycles. The Bertz CT molecular complexity index is 2560. The largest absolute Gasteiger partial charge is 0.481 e. The summed E-state index contributed by atoms with van der Waals surface area (Å²) in [6, 6.07) is 5.36. The van der Waals surface area contributed by atoms with Crippen LogP contribution in [0.2, 0.25) is 0 Å². The normalized spacial score (nSPS) is 15.7. The van der Waals surface area contributed by atoms with Crippen molar-refractivity contribution in [3.05, 3.63) is 90.0 Å². The monoisotopic (exact) mass is 1150 g/mol. The number of aliphatic carboxylic acids is 2. The Hall–Kier alpha value is -8.30. The van der Waals surface area contributed by atoms with Gasteiger partial charge in [-0.1, -0.05) is 88.4 Å². The van der Waals surface area contributed by atoms with E-state index in [9.17, 15) is 58.2 Å². The number of hydrogen-bond donors (Lipinski definition) is 15. The molecule has 82 heavy (non-hydrogen) atoms. The van der Waals surface area contributed by atoms with Crippen LogP contribution in [0.25, 0.3) is 0 Å². The summed E-state index contributed by atoms with van der Waals surface area (Å²) in [4.78, 5) is 152. The molecule has 9 amide bonds. The van der Waals surface area contributed by atoms with Gasteiger partial charge in [0.25, 0.3) is 5.97 Å². The lowest BCUT2D eigenvalue weighted by Crippen LogP contribution is -2.61. The lowest BCUT2D eigenvalue weighted by atomic mass is 10.00. The van der Waals surface area contributed by atoms with Crippen LogP contribution in [-0.2, 0) is 72.0 Å². The van der Waals surface area contributed by atoms with Crippen molar-refractivity contribution in [1.82, 2.24) is 57.8 Å². The Morgan fingerprint density at radius 3 is 1.56 bits per heavy atom. The molecular formula is C55H81N13O14. The van der Waals surface area contributed by atoms with Crippen molar-refractivity contribution in [2.75, 3.05) is 19.7 Å². The zero-order valence-corrected chi connectivity index (χ0v) is 46.9. The predicted octanol–water partition coefficient (Wildman–Crippen LogP) is -2.06. The summed E-state index contributed by atoms with van der Waals surface area (Å²) in [7, 11) is 0. The first kappa shape index (κ1) is 68.0. The maximum atomic E-state index is 14.5. The molecule has 0 saturated carbocycles. The van der Waals surface area contributed by atoms with Crippen LogP contribution in [-0.4, -0.2) is 164 Å². The summed E-state index contributed by atoms with van der Waals surface area (Å²) in [6.45, 7) is 7.96. The van der Waals surface area contributed by atoms with Crippen LogP contribution in [0.5, 0.6) is 0 Å². The average molecular weight is 1150 g/mol. The molecule has 2 aromatic carbocycles. The Balaban J connectivity index is 0.00000426. The van der Waals surface area contributed by atoms with Crippen LogP contribution in [0, 0.1) is 11.8 Å². The zero-order valence-electron chi connectivity index (χ0n) is 46.9. The fraction of sp³-hybridized carbons (Fsp3) is 0.527. The summed E-state index contributed by atoms with van der Waals surface area (Å²) in [5, 5.41) is 51.2. The van der Waals surface area contributed by atoms with E-state index in [-0.39, 0.29) is 44.6 Å². The fourth-order valence-corrected chi connectivity index (χ4v) is 8.60. The highest BCUT2D eigenvalue weighted by atomic mass is 16.4. The number of imidazole rings is 1. The molecule has 0 aliphatic carbocycles. The highest BCUT2D eigenvalue weighted by Gasteiger charge is 2.37. The second-order valence-electron chi connectivity index (χ2n) is 20.6. The molecule has 9 atom stereocenters. The number of aromatic nitrogens is 2. The van der Waals surface area contributed by atoms with E-state index in [0.29, 0.717) is 42.6 Å². The summed E-state index contributed by atoms with van der Waals surface area (Å²) >= 11 is 0. The number of benzene rings is 2.